The number of hydrogen-bond donors (Lipinski definition) is 0. The minimum absolute atomic E-state index is 0.128. The van der Waals surface area contributed by atoms with Gasteiger partial charge in [-0.25, -0.2) is 0 Å². The van der Waals surface area contributed by atoms with Gasteiger partial charge in [0.05, 0.1) is 15.6 Å². The second-order valence-corrected chi connectivity index (χ2v) is 8.95. The minimum Gasteiger partial charge on any atom is -0.336 e. The average Bonchev–Trinajstić information content (AvgIpc) is 2.81. The highest BCUT2D eigenvalue weighted by Gasteiger charge is 2.26. The van der Waals surface area contributed by atoms with E-state index < -0.39 is 0 Å². The van der Waals surface area contributed by atoms with Crippen LogP contribution in [0, 0.1) is 0 Å². The maximum atomic E-state index is 13.3. The van der Waals surface area contributed by atoms with Crippen LogP contribution in [0.15, 0.2) is 66.7 Å². The Morgan fingerprint density at radius 1 is 0.750 bits per heavy atom. The lowest BCUT2D eigenvalue weighted by atomic mass is 9.97. The summed E-state index contributed by atoms with van der Waals surface area (Å²) in [6, 6.07) is 19.3. The first-order valence-electron chi connectivity index (χ1n) is 10.3. The fraction of sp³-hybridized carbons (Fsp3) is 0.200. The summed E-state index contributed by atoms with van der Waals surface area (Å²) in [5.74, 6) is -0.319. The van der Waals surface area contributed by atoms with Gasteiger partial charge < -0.3 is 4.90 Å². The number of hydrogen-bond acceptors (Lipinski definition) is 3. The summed E-state index contributed by atoms with van der Waals surface area (Å²) in [6.45, 7) is 3.39. The third-order valence-corrected chi connectivity index (χ3v) is 6.55. The molecule has 1 heterocycles. The van der Waals surface area contributed by atoms with Gasteiger partial charge in [-0.05, 0) is 48.0 Å². The van der Waals surface area contributed by atoms with Crippen LogP contribution in [-0.4, -0.2) is 47.7 Å². The lowest BCUT2D eigenvalue weighted by Crippen LogP contribution is -2.48. The summed E-state index contributed by atoms with van der Waals surface area (Å²) < 4.78 is 0. The normalized spacial score (nSPS) is 14.4. The Kier molecular flexibility index (Phi) is 7.17. The van der Waals surface area contributed by atoms with Crippen LogP contribution >= 0.6 is 34.8 Å². The van der Waals surface area contributed by atoms with Crippen molar-refractivity contribution in [1.82, 2.24) is 9.80 Å². The molecule has 164 valence electrons. The Hall–Kier alpha value is -2.37. The maximum Gasteiger partial charge on any atom is 0.254 e. The fourth-order valence-electron chi connectivity index (χ4n) is 3.80. The zero-order chi connectivity index (χ0) is 22.7. The number of halogens is 3. The molecule has 1 amide bonds. The van der Waals surface area contributed by atoms with Crippen molar-refractivity contribution in [3.63, 3.8) is 0 Å². The molecule has 3 aromatic rings. The third-order valence-electron chi connectivity index (χ3n) is 5.56. The Bertz CT molecular complexity index is 1140. The second kappa shape index (κ2) is 10.1. The molecule has 0 bridgehead atoms. The van der Waals surface area contributed by atoms with Gasteiger partial charge in [-0.15, -0.1) is 0 Å². The summed E-state index contributed by atoms with van der Waals surface area (Å²) in [5.41, 5.74) is 2.41. The molecule has 0 aliphatic carbocycles. The van der Waals surface area contributed by atoms with Gasteiger partial charge in [0, 0.05) is 48.9 Å². The molecular formula is C25H21Cl3N2O2. The van der Waals surface area contributed by atoms with Crippen LogP contribution in [0.25, 0.3) is 0 Å². The van der Waals surface area contributed by atoms with E-state index >= 15 is 0 Å². The largest absolute Gasteiger partial charge is 0.336 e. The van der Waals surface area contributed by atoms with Crippen molar-refractivity contribution in [2.24, 2.45) is 0 Å². The number of carbonyl (C=O) groups excluding carboxylic acids is 2. The van der Waals surface area contributed by atoms with Gasteiger partial charge in [0.15, 0.2) is 5.78 Å². The molecule has 0 aromatic heterocycles. The van der Waals surface area contributed by atoms with Gasteiger partial charge in [-0.1, -0.05) is 59.1 Å². The number of benzene rings is 3. The van der Waals surface area contributed by atoms with Gasteiger partial charge in [-0.3, -0.25) is 14.5 Å². The fourth-order valence-corrected chi connectivity index (χ4v) is 4.25. The van der Waals surface area contributed by atoms with Crippen molar-refractivity contribution < 1.29 is 9.59 Å². The van der Waals surface area contributed by atoms with Gasteiger partial charge in [0.25, 0.3) is 5.91 Å². The highest BCUT2D eigenvalue weighted by Crippen LogP contribution is 2.24. The van der Waals surface area contributed by atoms with Crippen molar-refractivity contribution in [3.8, 4) is 0 Å². The van der Waals surface area contributed by atoms with E-state index in [2.05, 4.69) is 4.90 Å². The van der Waals surface area contributed by atoms with E-state index in [1.54, 1.807) is 59.5 Å². The van der Waals surface area contributed by atoms with Crippen molar-refractivity contribution in [3.05, 3.63) is 104 Å². The number of amides is 1. The quantitative estimate of drug-likeness (QED) is 0.425. The van der Waals surface area contributed by atoms with E-state index in [4.69, 9.17) is 34.8 Å². The molecule has 0 unspecified atom stereocenters. The van der Waals surface area contributed by atoms with E-state index in [-0.39, 0.29) is 11.7 Å². The lowest BCUT2D eigenvalue weighted by Gasteiger charge is -2.35. The molecule has 32 heavy (non-hydrogen) atoms. The molecule has 4 nitrogen and oxygen atoms in total. The molecule has 0 N–H and O–H groups in total. The molecule has 0 spiro atoms. The monoisotopic (exact) mass is 486 g/mol. The van der Waals surface area contributed by atoms with Gasteiger partial charge in [0.2, 0.25) is 0 Å². The number of piperazine rings is 1. The Labute approximate surface area is 202 Å². The topological polar surface area (TPSA) is 40.6 Å². The predicted octanol–water partition coefficient (Wildman–Crippen LogP) is 5.84. The average molecular weight is 488 g/mol. The molecule has 7 heteroatoms. The van der Waals surface area contributed by atoms with E-state index in [1.807, 2.05) is 12.1 Å². The highest BCUT2D eigenvalue weighted by molar-refractivity contribution is 6.42. The Balaban J connectivity index is 1.44. The van der Waals surface area contributed by atoms with E-state index in [0.717, 1.165) is 25.2 Å². The van der Waals surface area contributed by atoms with Crippen LogP contribution < -0.4 is 0 Å². The SMILES string of the molecule is O=C(c1ccc(Cl)cc1)c1ccccc1C(=O)N1CCN(Cc2ccc(Cl)c(Cl)c2)CC1. The smallest absolute Gasteiger partial charge is 0.254 e. The summed E-state index contributed by atoms with van der Waals surface area (Å²) in [7, 11) is 0. The zero-order valence-electron chi connectivity index (χ0n) is 17.2. The van der Waals surface area contributed by atoms with Crippen molar-refractivity contribution in [1.29, 1.82) is 0 Å². The number of carbonyl (C=O) groups is 2. The van der Waals surface area contributed by atoms with Crippen LogP contribution in [0.3, 0.4) is 0 Å². The molecule has 1 aliphatic rings. The molecular weight excluding hydrogens is 467 g/mol. The summed E-state index contributed by atoms with van der Waals surface area (Å²) in [6.07, 6.45) is 0. The predicted molar refractivity (Wildman–Crippen MR) is 129 cm³/mol. The molecule has 0 radical (unpaired) electrons. The van der Waals surface area contributed by atoms with Crippen molar-refractivity contribution in [2.75, 3.05) is 26.2 Å². The molecule has 1 fully saturated rings. The Morgan fingerprint density at radius 3 is 2.06 bits per heavy atom. The molecule has 1 aliphatic heterocycles. The number of rotatable bonds is 5. The number of ketones is 1. The number of nitrogens with zero attached hydrogens (tertiary/aromatic N) is 2. The van der Waals surface area contributed by atoms with Crippen LogP contribution in [0.5, 0.6) is 0 Å². The van der Waals surface area contributed by atoms with E-state index in [9.17, 15) is 9.59 Å². The van der Waals surface area contributed by atoms with Gasteiger partial charge >= 0.3 is 0 Å². The summed E-state index contributed by atoms with van der Waals surface area (Å²) in [5, 5.41) is 1.64. The highest BCUT2D eigenvalue weighted by atomic mass is 35.5. The Morgan fingerprint density at radius 2 is 1.41 bits per heavy atom. The van der Waals surface area contributed by atoms with Crippen molar-refractivity contribution in [2.45, 2.75) is 6.54 Å². The first-order chi connectivity index (χ1) is 15.4. The van der Waals surface area contributed by atoms with E-state index in [0.29, 0.717) is 44.8 Å². The van der Waals surface area contributed by atoms with Crippen LogP contribution in [0.4, 0.5) is 0 Å². The standard InChI is InChI=1S/C25H21Cl3N2O2/c26-19-8-6-18(7-9-19)24(31)20-3-1-2-4-21(20)25(32)30-13-11-29(12-14-30)16-17-5-10-22(27)23(28)15-17/h1-10,15H,11-14,16H2. The van der Waals surface area contributed by atoms with Gasteiger partial charge in [0.1, 0.15) is 0 Å². The van der Waals surface area contributed by atoms with E-state index in [1.165, 1.54) is 0 Å². The van der Waals surface area contributed by atoms with Crippen molar-refractivity contribution >= 4 is 46.5 Å². The second-order valence-electron chi connectivity index (χ2n) is 7.70. The molecule has 3 aromatic carbocycles. The maximum absolute atomic E-state index is 13.3. The van der Waals surface area contributed by atoms with Gasteiger partial charge in [-0.2, -0.15) is 0 Å². The van der Waals surface area contributed by atoms with Crippen LogP contribution in [-0.2, 0) is 6.54 Å². The third kappa shape index (κ3) is 5.16. The first-order valence-corrected chi connectivity index (χ1v) is 11.4. The summed E-state index contributed by atoms with van der Waals surface area (Å²) >= 11 is 18.1. The molecule has 4 rings (SSSR count). The lowest BCUT2D eigenvalue weighted by molar-refractivity contribution is 0.0625. The molecule has 0 saturated carbocycles. The van der Waals surface area contributed by atoms with Crippen LogP contribution in [0.2, 0.25) is 15.1 Å². The first kappa shape index (κ1) is 22.8. The molecule has 1 saturated heterocycles. The summed E-state index contributed by atoms with van der Waals surface area (Å²) in [4.78, 5) is 30.4. The molecule has 0 atom stereocenters. The van der Waals surface area contributed by atoms with Crippen LogP contribution in [0.1, 0.15) is 31.8 Å². The zero-order valence-corrected chi connectivity index (χ0v) is 19.5. The minimum atomic E-state index is -0.191.